The van der Waals surface area contributed by atoms with E-state index in [2.05, 4.69) is 42.7 Å². The van der Waals surface area contributed by atoms with Crippen LogP contribution in [0.3, 0.4) is 0 Å². The van der Waals surface area contributed by atoms with Crippen LogP contribution in [0, 0.1) is 29.6 Å². The number of rotatable bonds is 0. The van der Waals surface area contributed by atoms with Gasteiger partial charge in [0.2, 0.25) is 0 Å². The highest BCUT2D eigenvalue weighted by Crippen LogP contribution is 2.56. The van der Waals surface area contributed by atoms with Crippen LogP contribution in [0.5, 0.6) is 0 Å². The van der Waals surface area contributed by atoms with Gasteiger partial charge in [0, 0.05) is 29.4 Å². The van der Waals surface area contributed by atoms with Gasteiger partial charge in [-0.3, -0.25) is 4.90 Å². The molecule has 5 rings (SSSR count). The topological polar surface area (TPSA) is 15.3 Å². The lowest BCUT2D eigenvalue weighted by atomic mass is 9.56. The Labute approximate surface area is 172 Å². The van der Waals surface area contributed by atoms with Crippen molar-refractivity contribution < 1.29 is 0 Å². The zero-order chi connectivity index (χ0) is 18.6. The molecule has 5 aliphatic heterocycles. The van der Waals surface area contributed by atoms with E-state index in [1.165, 1.54) is 76.6 Å². The van der Waals surface area contributed by atoms with Crippen LogP contribution in [0.2, 0.25) is 0 Å². The van der Waals surface area contributed by atoms with Crippen LogP contribution < -0.4 is 5.32 Å². The van der Waals surface area contributed by atoms with E-state index < -0.39 is 0 Å². The van der Waals surface area contributed by atoms with Crippen molar-refractivity contribution in [3.8, 4) is 0 Å². The molecule has 3 heteroatoms. The second-order valence-electron chi connectivity index (χ2n) is 11.1. The molecular formula is C24H42N2S. The number of nitrogens with zero attached hydrogens (tertiary/aromatic N) is 1. The molecule has 0 radical (unpaired) electrons. The van der Waals surface area contributed by atoms with Crippen molar-refractivity contribution in [2.75, 3.05) is 18.8 Å². The number of nitrogens with one attached hydrogen (secondary N) is 1. The van der Waals surface area contributed by atoms with E-state index in [1.54, 1.807) is 0 Å². The van der Waals surface area contributed by atoms with E-state index in [4.69, 9.17) is 0 Å². The molecule has 0 aromatic carbocycles. The van der Waals surface area contributed by atoms with Gasteiger partial charge in [-0.2, -0.15) is 11.8 Å². The Bertz CT molecular complexity index is 538. The zero-order valence-corrected chi connectivity index (χ0v) is 18.8. The fourth-order valence-electron chi connectivity index (χ4n) is 8.21. The van der Waals surface area contributed by atoms with E-state index in [-0.39, 0.29) is 0 Å². The Morgan fingerprint density at radius 2 is 1.81 bits per heavy atom. The molecule has 2 nitrogen and oxygen atoms in total. The molecule has 5 aliphatic rings. The molecule has 0 aromatic rings. The number of fused-ring (bicyclic) bond motifs is 6. The molecule has 0 saturated carbocycles. The van der Waals surface area contributed by atoms with E-state index in [0.29, 0.717) is 5.54 Å². The largest absolute Gasteiger partial charge is 0.314 e. The number of hydrogen-bond donors (Lipinski definition) is 1. The average Bonchev–Trinajstić information content (AvgIpc) is 2.79. The summed E-state index contributed by atoms with van der Waals surface area (Å²) < 4.78 is 0. The van der Waals surface area contributed by atoms with Gasteiger partial charge in [-0.15, -0.1) is 0 Å². The van der Waals surface area contributed by atoms with Gasteiger partial charge in [-0.05, 0) is 107 Å². The second kappa shape index (κ2) is 7.51. The Hall–Kier alpha value is 0.270. The highest BCUT2D eigenvalue weighted by molar-refractivity contribution is 7.99. The molecule has 1 spiro atoms. The zero-order valence-electron chi connectivity index (χ0n) is 18.0. The Balaban J connectivity index is 1.47. The number of thioether (sulfide) groups is 1. The van der Waals surface area contributed by atoms with Gasteiger partial charge in [0.05, 0.1) is 0 Å². The summed E-state index contributed by atoms with van der Waals surface area (Å²) in [6.45, 7) is 10.3. The fourth-order valence-corrected chi connectivity index (χ4v) is 9.94. The predicted molar refractivity (Wildman–Crippen MR) is 117 cm³/mol. The molecule has 27 heavy (non-hydrogen) atoms. The SMILES string of the molecule is CC1CC2CC(CN1)C1CCCC3CC[C@H](C)N4CCC34C(C)C(CS1)C2. The van der Waals surface area contributed by atoms with E-state index in [0.717, 1.165) is 46.9 Å². The first kappa shape index (κ1) is 19.2. The molecule has 0 amide bonds. The number of piperidine rings is 1. The van der Waals surface area contributed by atoms with Gasteiger partial charge < -0.3 is 5.32 Å². The third-order valence-electron chi connectivity index (χ3n) is 9.73. The van der Waals surface area contributed by atoms with Crippen molar-refractivity contribution in [2.45, 2.75) is 101 Å². The van der Waals surface area contributed by atoms with Gasteiger partial charge in [0.25, 0.3) is 0 Å². The van der Waals surface area contributed by atoms with E-state index >= 15 is 0 Å². The Morgan fingerprint density at radius 1 is 0.963 bits per heavy atom. The van der Waals surface area contributed by atoms with E-state index in [1.807, 2.05) is 0 Å². The monoisotopic (exact) mass is 390 g/mol. The molecule has 1 N–H and O–H groups in total. The molecule has 5 fully saturated rings. The van der Waals surface area contributed by atoms with Crippen molar-refractivity contribution in [1.29, 1.82) is 0 Å². The highest BCUT2D eigenvalue weighted by atomic mass is 32.2. The van der Waals surface area contributed by atoms with Gasteiger partial charge in [0.15, 0.2) is 0 Å². The summed E-state index contributed by atoms with van der Waals surface area (Å²) in [6.07, 6.45) is 13.4. The first-order chi connectivity index (χ1) is 13.1. The smallest absolute Gasteiger partial charge is 0.0281 e. The minimum atomic E-state index is 0.572. The van der Waals surface area contributed by atoms with Crippen LogP contribution in [0.4, 0.5) is 0 Å². The maximum Gasteiger partial charge on any atom is 0.0281 e. The molecule has 0 aliphatic carbocycles. The summed E-state index contributed by atoms with van der Waals surface area (Å²) >= 11 is 2.39. The third kappa shape index (κ3) is 3.22. The molecule has 8 unspecified atom stereocenters. The van der Waals surface area contributed by atoms with Gasteiger partial charge in [-0.25, -0.2) is 0 Å². The van der Waals surface area contributed by atoms with Gasteiger partial charge in [0.1, 0.15) is 0 Å². The minimum Gasteiger partial charge on any atom is -0.314 e. The molecule has 154 valence electrons. The van der Waals surface area contributed by atoms with Gasteiger partial charge in [-0.1, -0.05) is 13.3 Å². The van der Waals surface area contributed by atoms with Crippen molar-refractivity contribution in [3.05, 3.63) is 0 Å². The lowest BCUT2D eigenvalue weighted by Crippen LogP contribution is -2.72. The van der Waals surface area contributed by atoms with Crippen LogP contribution in [0.1, 0.15) is 78.6 Å². The lowest BCUT2D eigenvalue weighted by molar-refractivity contribution is -0.162. The van der Waals surface area contributed by atoms with Crippen LogP contribution in [0.15, 0.2) is 0 Å². The first-order valence-electron chi connectivity index (χ1n) is 12.2. The van der Waals surface area contributed by atoms with Crippen molar-refractivity contribution in [2.24, 2.45) is 29.6 Å². The molecule has 5 saturated heterocycles. The van der Waals surface area contributed by atoms with Crippen LogP contribution >= 0.6 is 11.8 Å². The van der Waals surface area contributed by atoms with Crippen molar-refractivity contribution >= 4 is 11.8 Å². The normalized spacial score (nSPS) is 53.9. The fraction of sp³-hybridized carbons (Fsp3) is 1.00. The van der Waals surface area contributed by atoms with Crippen LogP contribution in [-0.2, 0) is 0 Å². The third-order valence-corrected chi connectivity index (χ3v) is 11.4. The second-order valence-corrected chi connectivity index (χ2v) is 12.3. The maximum atomic E-state index is 3.90. The summed E-state index contributed by atoms with van der Waals surface area (Å²) in [4.78, 5) is 2.99. The summed E-state index contributed by atoms with van der Waals surface area (Å²) in [5.41, 5.74) is 0.572. The summed E-state index contributed by atoms with van der Waals surface area (Å²) in [5, 5.41) is 4.82. The molecular weight excluding hydrogens is 348 g/mol. The molecule has 9 atom stereocenters. The Morgan fingerprint density at radius 3 is 2.63 bits per heavy atom. The quantitative estimate of drug-likeness (QED) is 0.614. The Kier molecular flexibility index (Phi) is 5.35. The standard InChI is InChI=1S/C24H42N2S/c1-16-11-19-12-20(14-25-16)23-6-4-5-22-8-7-17(2)26-10-9-24(22,26)18(3)21(13-19)15-27-23/h16-23,25H,4-15H2,1-3H3/t16?,17-,18?,19?,20?,21?,22?,23?,24?/m0/s1. The lowest BCUT2D eigenvalue weighted by Gasteiger charge is -2.67. The van der Waals surface area contributed by atoms with Crippen LogP contribution in [0.25, 0.3) is 0 Å². The maximum absolute atomic E-state index is 3.90. The molecule has 4 bridgehead atoms. The van der Waals surface area contributed by atoms with E-state index in [9.17, 15) is 0 Å². The molecule has 0 aromatic heterocycles. The molecule has 5 heterocycles. The number of hydrogen-bond acceptors (Lipinski definition) is 3. The average molecular weight is 391 g/mol. The van der Waals surface area contributed by atoms with Gasteiger partial charge >= 0.3 is 0 Å². The predicted octanol–water partition coefficient (Wildman–Crippen LogP) is 5.18. The minimum absolute atomic E-state index is 0.572. The van der Waals surface area contributed by atoms with Crippen LogP contribution in [-0.4, -0.2) is 46.6 Å². The highest BCUT2D eigenvalue weighted by Gasteiger charge is 2.58. The summed E-state index contributed by atoms with van der Waals surface area (Å²) in [7, 11) is 0. The summed E-state index contributed by atoms with van der Waals surface area (Å²) in [6, 6.07) is 1.56. The van der Waals surface area contributed by atoms with Crippen molar-refractivity contribution in [3.63, 3.8) is 0 Å². The summed E-state index contributed by atoms with van der Waals surface area (Å²) in [5.74, 6) is 6.18. The van der Waals surface area contributed by atoms with Crippen molar-refractivity contribution in [1.82, 2.24) is 10.2 Å². The first-order valence-corrected chi connectivity index (χ1v) is 13.2.